The van der Waals surface area contributed by atoms with Gasteiger partial charge in [-0.15, -0.1) is 0 Å². The molecule has 1 unspecified atom stereocenters. The fourth-order valence-electron chi connectivity index (χ4n) is 5.74. The number of piperidine rings is 1. The van der Waals surface area contributed by atoms with Crippen LogP contribution >= 0.6 is 0 Å². The van der Waals surface area contributed by atoms with E-state index in [1.165, 1.54) is 13.1 Å². The van der Waals surface area contributed by atoms with Crippen molar-refractivity contribution >= 4 is 17.8 Å². The third-order valence-corrected chi connectivity index (χ3v) is 7.82. The second kappa shape index (κ2) is 9.33. The maximum Gasteiger partial charge on any atom is 0.326 e. The number of Topliss-reactive ketones (excluding diaryl/α,β-unsaturated/α-hetero) is 1. The molecule has 2 N–H and O–H groups in total. The van der Waals surface area contributed by atoms with Crippen LogP contribution in [0.2, 0.25) is 0 Å². The zero-order chi connectivity index (χ0) is 23.0. The average molecular weight is 447 g/mol. The van der Waals surface area contributed by atoms with E-state index in [0.717, 1.165) is 57.5 Å². The Morgan fingerprint density at radius 2 is 1.78 bits per heavy atom. The minimum Gasteiger partial charge on any atom is -0.359 e. The lowest BCUT2D eigenvalue weighted by Crippen LogP contribution is -2.41. The molecule has 0 bridgehead atoms. The van der Waals surface area contributed by atoms with Gasteiger partial charge in [0, 0.05) is 43.7 Å². The van der Waals surface area contributed by atoms with Crippen LogP contribution < -0.4 is 11.0 Å². The van der Waals surface area contributed by atoms with Gasteiger partial charge in [0.1, 0.15) is 11.6 Å². The number of likely N-dealkylation sites (tertiary alicyclic amines) is 1. The Bertz CT molecular complexity index is 949. The summed E-state index contributed by atoms with van der Waals surface area (Å²) >= 11 is 0. The second-order valence-corrected chi connectivity index (χ2v) is 9.94. The lowest BCUT2D eigenvalue weighted by molar-refractivity contribution is -0.126. The smallest absolute Gasteiger partial charge is 0.326 e. The third-order valence-electron chi connectivity index (χ3n) is 7.82. The largest absolute Gasteiger partial charge is 0.359 e. The number of carbonyl (C=O) groups excluding carboxylic acids is 2. The quantitative estimate of drug-likeness (QED) is 0.728. The molecule has 2 fully saturated rings. The van der Waals surface area contributed by atoms with Gasteiger partial charge in [-0.05, 0) is 37.7 Å². The molecular weight excluding hydrogens is 411 g/mol. The van der Waals surface area contributed by atoms with Crippen molar-refractivity contribution in [1.82, 2.24) is 19.8 Å². The first kappa shape index (κ1) is 23.0. The maximum absolute atomic E-state index is 14.8. The number of H-pyrrole nitrogens is 1. The molecule has 1 aromatic rings. The number of aromatic amines is 1. The van der Waals surface area contributed by atoms with Crippen LogP contribution in [0, 0.1) is 17.8 Å². The highest BCUT2D eigenvalue weighted by Crippen LogP contribution is 2.39. The first-order chi connectivity index (χ1) is 15.3. The molecule has 1 aliphatic heterocycles. The second-order valence-electron chi connectivity index (χ2n) is 9.94. The summed E-state index contributed by atoms with van der Waals surface area (Å²) in [6, 6.07) is -0.0443. The summed E-state index contributed by atoms with van der Waals surface area (Å²) in [5, 5.41) is 2.51. The molecule has 2 atom stereocenters. The van der Waals surface area contributed by atoms with E-state index in [2.05, 4.69) is 22.1 Å². The van der Waals surface area contributed by atoms with E-state index in [9.17, 15) is 18.8 Å². The Kier molecular flexibility index (Phi) is 6.70. The van der Waals surface area contributed by atoms with Gasteiger partial charge in [-0.2, -0.15) is 0 Å². The topological polar surface area (TPSA) is 87.2 Å². The standard InChI is InChI=1S/C24H35FN4O3/c1-14-4-6-16(7-5-14)20(30)13-28-10-8-17(9-11-28)29-19-12-18(25)21(23(31)26-3)15(2)22(19)27-24(29)32/h12,14-17,21H,4-11,13H2,1-3H3,(H,26,31)(H,27,32)/t14?,15?,16?,21-/m0/s1. The Balaban J connectivity index is 1.42. The van der Waals surface area contributed by atoms with Gasteiger partial charge in [0.05, 0.1) is 18.2 Å². The number of halogens is 1. The minimum absolute atomic E-state index is 0.0443. The van der Waals surface area contributed by atoms with Gasteiger partial charge in [0.25, 0.3) is 0 Å². The van der Waals surface area contributed by atoms with E-state index in [1.54, 1.807) is 11.5 Å². The normalized spacial score (nSPS) is 29.3. The van der Waals surface area contributed by atoms with Crippen LogP contribution in [0.15, 0.2) is 10.6 Å². The number of hydrogen-bond donors (Lipinski definition) is 2. The molecule has 1 aromatic heterocycles. The molecule has 1 amide bonds. The number of nitrogens with one attached hydrogen (secondary N) is 2. The zero-order valence-electron chi connectivity index (χ0n) is 19.3. The molecular formula is C24H35FN4O3. The summed E-state index contributed by atoms with van der Waals surface area (Å²) in [7, 11) is 1.49. The molecule has 2 aliphatic carbocycles. The van der Waals surface area contributed by atoms with Crippen LogP contribution in [0.3, 0.4) is 0 Å². The fourth-order valence-corrected chi connectivity index (χ4v) is 5.74. The van der Waals surface area contributed by atoms with Crippen molar-refractivity contribution in [3.8, 4) is 0 Å². The van der Waals surface area contributed by atoms with Gasteiger partial charge >= 0.3 is 5.69 Å². The number of aromatic nitrogens is 2. The molecule has 1 saturated carbocycles. The van der Waals surface area contributed by atoms with Crippen LogP contribution in [0.5, 0.6) is 0 Å². The number of rotatable bonds is 5. The Morgan fingerprint density at radius 1 is 1.12 bits per heavy atom. The van der Waals surface area contributed by atoms with E-state index in [4.69, 9.17) is 0 Å². The number of ketones is 1. The van der Waals surface area contributed by atoms with E-state index < -0.39 is 23.6 Å². The van der Waals surface area contributed by atoms with E-state index >= 15 is 0 Å². The molecule has 176 valence electrons. The molecule has 0 spiro atoms. The van der Waals surface area contributed by atoms with Crippen molar-refractivity contribution in [3.05, 3.63) is 27.7 Å². The van der Waals surface area contributed by atoms with Gasteiger partial charge in [0.15, 0.2) is 0 Å². The van der Waals surface area contributed by atoms with Gasteiger partial charge in [-0.1, -0.05) is 26.7 Å². The minimum atomic E-state index is -0.922. The lowest BCUT2D eigenvalue weighted by atomic mass is 9.81. The van der Waals surface area contributed by atoms with Crippen molar-refractivity contribution < 1.29 is 14.0 Å². The first-order valence-corrected chi connectivity index (χ1v) is 12.0. The third kappa shape index (κ3) is 4.34. The summed E-state index contributed by atoms with van der Waals surface area (Å²) < 4.78 is 16.5. The molecule has 7 nitrogen and oxygen atoms in total. The van der Waals surface area contributed by atoms with Crippen LogP contribution in [-0.4, -0.2) is 52.8 Å². The van der Waals surface area contributed by atoms with Crippen molar-refractivity contribution in [2.45, 2.75) is 64.3 Å². The van der Waals surface area contributed by atoms with Gasteiger partial charge < -0.3 is 10.3 Å². The van der Waals surface area contributed by atoms with Crippen LogP contribution in [-0.2, 0) is 9.59 Å². The number of amides is 1. The molecule has 2 heterocycles. The zero-order valence-corrected chi connectivity index (χ0v) is 19.3. The van der Waals surface area contributed by atoms with E-state index in [0.29, 0.717) is 23.7 Å². The van der Waals surface area contributed by atoms with Crippen LogP contribution in [0.1, 0.15) is 75.7 Å². The van der Waals surface area contributed by atoms with Crippen molar-refractivity contribution in [1.29, 1.82) is 0 Å². The highest BCUT2D eigenvalue weighted by Gasteiger charge is 2.38. The molecule has 3 aliphatic rings. The highest BCUT2D eigenvalue weighted by atomic mass is 19.1. The number of imidazole rings is 1. The number of carbonyl (C=O) groups is 2. The Hall–Kier alpha value is -2.22. The van der Waals surface area contributed by atoms with Gasteiger partial charge in [-0.25, -0.2) is 9.18 Å². The van der Waals surface area contributed by atoms with Crippen LogP contribution in [0.4, 0.5) is 4.39 Å². The van der Waals surface area contributed by atoms with Crippen molar-refractivity contribution in [2.75, 3.05) is 26.7 Å². The molecule has 32 heavy (non-hydrogen) atoms. The Labute approximate surface area is 188 Å². The summed E-state index contributed by atoms with van der Waals surface area (Å²) in [6.45, 7) is 6.01. The summed E-state index contributed by atoms with van der Waals surface area (Å²) in [5.74, 6) is -0.988. The first-order valence-electron chi connectivity index (χ1n) is 12.0. The summed E-state index contributed by atoms with van der Waals surface area (Å²) in [5.41, 5.74) is 0.912. The van der Waals surface area contributed by atoms with Crippen molar-refractivity contribution in [2.24, 2.45) is 17.8 Å². The summed E-state index contributed by atoms with van der Waals surface area (Å²) in [6.07, 6.45) is 7.12. The molecule has 0 aromatic carbocycles. The lowest BCUT2D eigenvalue weighted by Gasteiger charge is -2.34. The number of hydrogen-bond acceptors (Lipinski definition) is 4. The van der Waals surface area contributed by atoms with Crippen LogP contribution in [0.25, 0.3) is 6.08 Å². The van der Waals surface area contributed by atoms with Gasteiger partial charge in [0.2, 0.25) is 5.91 Å². The molecule has 1 saturated heterocycles. The van der Waals surface area contributed by atoms with Gasteiger partial charge in [-0.3, -0.25) is 19.1 Å². The molecule has 0 radical (unpaired) electrons. The number of fused-ring (bicyclic) bond motifs is 1. The highest BCUT2D eigenvalue weighted by molar-refractivity contribution is 5.84. The predicted octanol–water partition coefficient (Wildman–Crippen LogP) is 3.00. The van der Waals surface area contributed by atoms with E-state index in [-0.39, 0.29) is 17.6 Å². The monoisotopic (exact) mass is 446 g/mol. The maximum atomic E-state index is 14.8. The number of nitrogens with zero attached hydrogens (tertiary/aromatic N) is 2. The average Bonchev–Trinajstić information content (AvgIpc) is 3.10. The SMILES string of the molecule is CNC(=O)[C@@H]1C(F)=Cc2c([nH]c(=O)n2C2CCN(CC(=O)C3CCC(C)CC3)CC2)C1C. The molecule has 4 rings (SSSR count). The summed E-state index contributed by atoms with van der Waals surface area (Å²) in [4.78, 5) is 42.7. The van der Waals surface area contributed by atoms with Crippen molar-refractivity contribution in [3.63, 3.8) is 0 Å². The fraction of sp³-hybridized carbons (Fsp3) is 0.708. The predicted molar refractivity (Wildman–Crippen MR) is 121 cm³/mol. The Morgan fingerprint density at radius 3 is 2.41 bits per heavy atom. The molecule has 8 heteroatoms. The van der Waals surface area contributed by atoms with E-state index in [1.807, 2.05) is 0 Å².